The van der Waals surface area contributed by atoms with Crippen molar-refractivity contribution in [1.82, 2.24) is 29.9 Å². The second kappa shape index (κ2) is 18.5. The second-order valence-electron chi connectivity index (χ2n) is 11.0. The monoisotopic (exact) mass is 702 g/mol. The quantitative estimate of drug-likeness (QED) is 0.0804. The molecule has 6 rings (SSSR count). The maximum absolute atomic E-state index is 12.7. The summed E-state index contributed by atoms with van der Waals surface area (Å²) in [5.74, 6) is 2.70. The summed E-state index contributed by atoms with van der Waals surface area (Å²) in [6.45, 7) is 6.57. The third kappa shape index (κ3) is 10.1. The number of nitrogens with zero attached hydrogens (tertiary/aromatic N) is 4. The van der Waals surface area contributed by atoms with E-state index in [1.807, 2.05) is 74.5 Å². The number of benzene rings is 2. The Labute approximate surface area is 293 Å². The van der Waals surface area contributed by atoms with Crippen LogP contribution >= 0.6 is 11.8 Å². The molecule has 4 heterocycles. The van der Waals surface area contributed by atoms with Gasteiger partial charge in [-0.2, -0.15) is 0 Å². The molecule has 1 atom stereocenters. The van der Waals surface area contributed by atoms with Crippen LogP contribution in [0.3, 0.4) is 0 Å². The number of thioether (sulfide) groups is 1. The van der Waals surface area contributed by atoms with Gasteiger partial charge in [0.2, 0.25) is 0 Å². The minimum Gasteiger partial charge on any atom is -0.493 e. The van der Waals surface area contributed by atoms with Crippen LogP contribution in [0.1, 0.15) is 35.4 Å². The van der Waals surface area contributed by atoms with Crippen molar-refractivity contribution in [2.75, 3.05) is 40.6 Å². The minimum atomic E-state index is -1.30. The van der Waals surface area contributed by atoms with E-state index in [0.29, 0.717) is 37.3 Å². The smallest absolute Gasteiger partial charge is 0.197 e. The van der Waals surface area contributed by atoms with Crippen LogP contribution in [-0.4, -0.2) is 74.8 Å². The standard InChI is InChI=1S/C18H21N3O3S.C18H21N3O2S/c1-13-16(19-9-8-17(13)24-11-5-10-23-2)12-25(22)18-20-14-6-3-4-7-15(14)21-18;1-13-16(19-9-8-17(13)23-11-5-10-22-2)12-24-18-20-14-6-3-4-7-15(14)21-18/h3-4,6-9H,5,10-12H2,1-2H3,(H,20,21);3-4,6-9H,5,10-12H2,1-2H3,(H,20,21). The summed E-state index contributed by atoms with van der Waals surface area (Å²) >= 11 is 1.65. The maximum Gasteiger partial charge on any atom is 0.197 e. The highest BCUT2D eigenvalue weighted by Crippen LogP contribution is 2.27. The molecule has 0 saturated carbocycles. The molecule has 0 spiro atoms. The van der Waals surface area contributed by atoms with Crippen molar-refractivity contribution in [1.29, 1.82) is 0 Å². The molecule has 6 aromatic rings. The number of ether oxygens (including phenoxy) is 4. The third-order valence-corrected chi connectivity index (χ3v) is 9.63. The number of aromatic amines is 2. The van der Waals surface area contributed by atoms with E-state index in [9.17, 15) is 4.21 Å². The van der Waals surface area contributed by atoms with Crippen molar-refractivity contribution in [3.8, 4) is 11.5 Å². The number of pyridine rings is 2. The first kappa shape index (κ1) is 36.0. The summed E-state index contributed by atoms with van der Waals surface area (Å²) in [7, 11) is 2.07. The van der Waals surface area contributed by atoms with Crippen LogP contribution in [0.15, 0.2) is 83.4 Å². The summed E-state index contributed by atoms with van der Waals surface area (Å²) in [4.78, 5) is 24.3. The summed E-state index contributed by atoms with van der Waals surface area (Å²) < 4.78 is 34.3. The molecular formula is C36H42N6O5S2. The average molecular weight is 703 g/mol. The number of fused-ring (bicyclic) bond motifs is 2. The summed E-state index contributed by atoms with van der Waals surface area (Å²) in [6.07, 6.45) is 5.18. The van der Waals surface area contributed by atoms with E-state index in [0.717, 1.165) is 79.8 Å². The molecule has 0 aliphatic heterocycles. The van der Waals surface area contributed by atoms with Gasteiger partial charge in [-0.1, -0.05) is 36.0 Å². The fraction of sp³-hybridized carbons (Fsp3) is 0.333. The Bertz CT molecular complexity index is 1900. The van der Waals surface area contributed by atoms with Gasteiger partial charge in [-0.25, -0.2) is 9.97 Å². The van der Waals surface area contributed by atoms with Crippen LogP contribution in [0.4, 0.5) is 0 Å². The molecule has 13 heteroatoms. The number of hydrogen-bond donors (Lipinski definition) is 2. The number of H-pyrrole nitrogens is 2. The van der Waals surface area contributed by atoms with Crippen LogP contribution < -0.4 is 9.47 Å². The van der Waals surface area contributed by atoms with Gasteiger partial charge in [0.15, 0.2) is 10.3 Å². The van der Waals surface area contributed by atoms with E-state index >= 15 is 0 Å². The minimum absolute atomic E-state index is 0.293. The second-order valence-corrected chi connectivity index (χ2v) is 13.4. The van der Waals surface area contributed by atoms with Gasteiger partial charge < -0.3 is 28.9 Å². The number of imidazole rings is 2. The topological polar surface area (TPSA) is 137 Å². The molecular weight excluding hydrogens is 661 g/mol. The fourth-order valence-electron chi connectivity index (χ4n) is 4.86. The van der Waals surface area contributed by atoms with Crippen molar-refractivity contribution < 1.29 is 23.2 Å². The number of methoxy groups -OCH3 is 2. The Morgan fingerprint density at radius 1 is 0.694 bits per heavy atom. The van der Waals surface area contributed by atoms with Gasteiger partial charge in [0, 0.05) is 69.5 Å². The Morgan fingerprint density at radius 2 is 1.24 bits per heavy atom. The largest absolute Gasteiger partial charge is 0.493 e. The highest BCUT2D eigenvalue weighted by atomic mass is 32.2. The Morgan fingerprint density at radius 3 is 1.84 bits per heavy atom. The SMILES string of the molecule is COCCCOc1ccnc(CS(=O)c2nc3ccccc3[nH]2)c1C.COCCCOc1ccnc(CSc2nc3ccccc3[nH]2)c1C. The predicted molar refractivity (Wildman–Crippen MR) is 194 cm³/mol. The summed E-state index contributed by atoms with van der Waals surface area (Å²) in [6, 6.07) is 19.4. The summed E-state index contributed by atoms with van der Waals surface area (Å²) in [5.41, 5.74) is 7.49. The van der Waals surface area contributed by atoms with E-state index in [4.69, 9.17) is 18.9 Å². The molecule has 2 N–H and O–H groups in total. The first-order valence-electron chi connectivity index (χ1n) is 16.0. The lowest BCUT2D eigenvalue weighted by molar-refractivity contribution is 0.171. The molecule has 4 aromatic heterocycles. The van der Waals surface area contributed by atoms with Crippen LogP contribution in [-0.2, 0) is 31.8 Å². The van der Waals surface area contributed by atoms with Crippen molar-refractivity contribution in [2.45, 2.75) is 48.5 Å². The Kier molecular flexibility index (Phi) is 13.6. The molecule has 0 aliphatic rings. The summed E-state index contributed by atoms with van der Waals surface area (Å²) in [5, 5.41) is 1.37. The van der Waals surface area contributed by atoms with E-state index in [2.05, 4.69) is 29.9 Å². The van der Waals surface area contributed by atoms with E-state index in [1.54, 1.807) is 38.4 Å². The number of rotatable bonds is 16. The predicted octanol–water partition coefficient (Wildman–Crippen LogP) is 6.96. The van der Waals surface area contributed by atoms with Gasteiger partial charge in [0.25, 0.3) is 0 Å². The molecule has 0 radical (unpaired) electrons. The third-order valence-electron chi connectivity index (χ3n) is 7.58. The average Bonchev–Trinajstić information content (AvgIpc) is 3.75. The molecule has 258 valence electrons. The van der Waals surface area contributed by atoms with Gasteiger partial charge in [0.1, 0.15) is 11.5 Å². The lowest BCUT2D eigenvalue weighted by Gasteiger charge is -2.11. The van der Waals surface area contributed by atoms with Crippen molar-refractivity contribution in [3.63, 3.8) is 0 Å². The van der Waals surface area contributed by atoms with Gasteiger partial charge in [-0.3, -0.25) is 14.2 Å². The lowest BCUT2D eigenvalue weighted by atomic mass is 10.2. The first-order valence-corrected chi connectivity index (χ1v) is 18.3. The van der Waals surface area contributed by atoms with E-state index in [-0.39, 0.29) is 0 Å². The number of aromatic nitrogens is 6. The van der Waals surface area contributed by atoms with Crippen LogP contribution in [0.25, 0.3) is 22.1 Å². The normalized spacial score (nSPS) is 11.8. The first-order chi connectivity index (χ1) is 24.0. The van der Waals surface area contributed by atoms with Gasteiger partial charge in [0.05, 0.1) is 63.2 Å². The zero-order chi connectivity index (χ0) is 34.4. The zero-order valence-corrected chi connectivity index (χ0v) is 29.9. The van der Waals surface area contributed by atoms with Gasteiger partial charge in [-0.05, 0) is 50.2 Å². The highest BCUT2D eigenvalue weighted by Gasteiger charge is 2.15. The van der Waals surface area contributed by atoms with E-state index < -0.39 is 10.8 Å². The number of nitrogens with one attached hydrogen (secondary N) is 2. The Balaban J connectivity index is 0.000000191. The van der Waals surface area contributed by atoms with Gasteiger partial charge >= 0.3 is 0 Å². The molecule has 1 unspecified atom stereocenters. The van der Waals surface area contributed by atoms with E-state index in [1.165, 1.54) is 0 Å². The molecule has 0 saturated heterocycles. The van der Waals surface area contributed by atoms with Crippen molar-refractivity contribution in [2.24, 2.45) is 0 Å². The highest BCUT2D eigenvalue weighted by molar-refractivity contribution is 7.98. The van der Waals surface area contributed by atoms with Crippen LogP contribution in [0.2, 0.25) is 0 Å². The molecule has 0 amide bonds. The Hall–Kier alpha value is -4.30. The lowest BCUT2D eigenvalue weighted by Crippen LogP contribution is -2.06. The molecule has 49 heavy (non-hydrogen) atoms. The number of hydrogen-bond acceptors (Lipinski definition) is 10. The molecule has 0 bridgehead atoms. The molecule has 11 nitrogen and oxygen atoms in total. The molecule has 0 aliphatic carbocycles. The van der Waals surface area contributed by atoms with Crippen molar-refractivity contribution >= 4 is 44.6 Å². The number of para-hydroxylation sites is 4. The zero-order valence-electron chi connectivity index (χ0n) is 28.2. The van der Waals surface area contributed by atoms with Crippen LogP contribution in [0.5, 0.6) is 11.5 Å². The fourth-order valence-corrected chi connectivity index (χ4v) is 6.87. The molecule has 0 fully saturated rings. The van der Waals surface area contributed by atoms with Crippen molar-refractivity contribution in [3.05, 3.63) is 95.6 Å². The molecule has 2 aromatic carbocycles. The van der Waals surface area contributed by atoms with Gasteiger partial charge in [-0.15, -0.1) is 0 Å². The van der Waals surface area contributed by atoms with Crippen LogP contribution in [0, 0.1) is 13.8 Å². The maximum atomic E-state index is 12.7.